The fourth-order valence-corrected chi connectivity index (χ4v) is 3.70. The van der Waals surface area contributed by atoms with Gasteiger partial charge in [-0.1, -0.05) is 0 Å². The highest BCUT2D eigenvalue weighted by molar-refractivity contribution is 5.60. The number of hydrogen-bond acceptors (Lipinski definition) is 8. The summed E-state index contributed by atoms with van der Waals surface area (Å²) in [4.78, 5) is 25.5. The molecule has 29 heavy (non-hydrogen) atoms. The van der Waals surface area contributed by atoms with Gasteiger partial charge in [-0.2, -0.15) is 4.98 Å². The highest BCUT2D eigenvalue weighted by Crippen LogP contribution is 2.23. The normalized spacial score (nSPS) is 18.0. The molecular formula is C20H26FN7O. The monoisotopic (exact) mass is 399 g/mol. The fourth-order valence-electron chi connectivity index (χ4n) is 3.70. The van der Waals surface area contributed by atoms with Gasteiger partial charge in [-0.25, -0.2) is 9.37 Å². The third kappa shape index (κ3) is 4.80. The molecule has 0 radical (unpaired) electrons. The maximum atomic E-state index is 14.2. The van der Waals surface area contributed by atoms with Gasteiger partial charge in [-0.05, 0) is 24.3 Å². The Hall–Kier alpha value is -2.78. The zero-order valence-electron chi connectivity index (χ0n) is 16.4. The van der Waals surface area contributed by atoms with Gasteiger partial charge < -0.3 is 25.2 Å². The van der Waals surface area contributed by atoms with E-state index in [1.54, 1.807) is 0 Å². The first-order valence-corrected chi connectivity index (χ1v) is 9.99. The van der Waals surface area contributed by atoms with Crippen LogP contribution in [0.25, 0.3) is 0 Å². The van der Waals surface area contributed by atoms with Crippen LogP contribution < -0.4 is 20.4 Å². The summed E-state index contributed by atoms with van der Waals surface area (Å²) in [5, 5.41) is 6.42. The number of aromatic nitrogens is 2. The van der Waals surface area contributed by atoms with Gasteiger partial charge in [-0.15, -0.1) is 0 Å². The van der Waals surface area contributed by atoms with E-state index in [4.69, 9.17) is 0 Å². The Kier molecular flexibility index (Phi) is 6.16. The summed E-state index contributed by atoms with van der Waals surface area (Å²) in [7, 11) is 0. The Labute approximate surface area is 169 Å². The van der Waals surface area contributed by atoms with Crippen LogP contribution in [-0.4, -0.2) is 80.1 Å². The number of benzene rings is 1. The lowest BCUT2D eigenvalue weighted by Gasteiger charge is -2.35. The van der Waals surface area contributed by atoms with Crippen molar-refractivity contribution >= 4 is 29.4 Å². The maximum Gasteiger partial charge on any atom is 0.229 e. The molecule has 0 aliphatic carbocycles. The number of anilines is 4. The third-order valence-corrected chi connectivity index (χ3v) is 5.34. The molecule has 1 aromatic carbocycles. The first kappa shape index (κ1) is 19.5. The van der Waals surface area contributed by atoms with E-state index in [1.807, 2.05) is 17.0 Å². The minimum Gasteiger partial charge on any atom is -0.369 e. The fraction of sp³-hybridized carbons (Fsp3) is 0.450. The van der Waals surface area contributed by atoms with Crippen molar-refractivity contribution in [2.45, 2.75) is 0 Å². The van der Waals surface area contributed by atoms with Gasteiger partial charge in [0.1, 0.15) is 6.29 Å². The van der Waals surface area contributed by atoms with Gasteiger partial charge >= 0.3 is 0 Å². The SMILES string of the molecule is O=CCN1CCN(c2ccc(Nc3ncc(F)c(N4CCNCC4)n3)cc2)CC1. The molecule has 1 aromatic heterocycles. The number of halogens is 1. The lowest BCUT2D eigenvalue weighted by Crippen LogP contribution is -2.46. The first-order valence-electron chi connectivity index (χ1n) is 9.99. The van der Waals surface area contributed by atoms with Crippen molar-refractivity contribution in [3.63, 3.8) is 0 Å². The Morgan fingerprint density at radius 1 is 1.03 bits per heavy atom. The van der Waals surface area contributed by atoms with Crippen LogP contribution in [0.15, 0.2) is 30.5 Å². The predicted octanol–water partition coefficient (Wildman–Crippen LogP) is 1.09. The van der Waals surface area contributed by atoms with E-state index in [0.29, 0.717) is 18.3 Å². The van der Waals surface area contributed by atoms with Gasteiger partial charge in [0.25, 0.3) is 0 Å². The first-order chi connectivity index (χ1) is 14.2. The lowest BCUT2D eigenvalue weighted by atomic mass is 10.2. The van der Waals surface area contributed by atoms with E-state index in [-0.39, 0.29) is 0 Å². The quantitative estimate of drug-likeness (QED) is 0.700. The second-order valence-corrected chi connectivity index (χ2v) is 7.23. The number of carbonyl (C=O) groups is 1. The smallest absolute Gasteiger partial charge is 0.229 e. The third-order valence-electron chi connectivity index (χ3n) is 5.34. The van der Waals surface area contributed by atoms with Crippen molar-refractivity contribution in [2.75, 3.05) is 74.0 Å². The zero-order valence-corrected chi connectivity index (χ0v) is 16.4. The lowest BCUT2D eigenvalue weighted by molar-refractivity contribution is -0.108. The van der Waals surface area contributed by atoms with Crippen molar-refractivity contribution in [2.24, 2.45) is 0 Å². The average Bonchev–Trinajstić information content (AvgIpc) is 2.77. The molecule has 2 aliphatic rings. The number of carbonyl (C=O) groups excluding carboxylic acids is 1. The van der Waals surface area contributed by atoms with Gasteiger partial charge in [0.2, 0.25) is 5.95 Å². The summed E-state index contributed by atoms with van der Waals surface area (Å²) in [5.74, 6) is 0.325. The van der Waals surface area contributed by atoms with E-state index >= 15 is 0 Å². The summed E-state index contributed by atoms with van der Waals surface area (Å²) in [6.07, 6.45) is 2.18. The van der Waals surface area contributed by atoms with Crippen molar-refractivity contribution in [1.82, 2.24) is 20.2 Å². The highest BCUT2D eigenvalue weighted by Gasteiger charge is 2.18. The molecule has 2 saturated heterocycles. The molecule has 0 spiro atoms. The number of hydrogen-bond donors (Lipinski definition) is 2. The second-order valence-electron chi connectivity index (χ2n) is 7.23. The van der Waals surface area contributed by atoms with Crippen LogP contribution >= 0.6 is 0 Å². The molecule has 2 N–H and O–H groups in total. The van der Waals surface area contributed by atoms with Crippen LogP contribution in [0.3, 0.4) is 0 Å². The Morgan fingerprint density at radius 3 is 2.45 bits per heavy atom. The Balaban J connectivity index is 1.39. The number of piperazine rings is 2. The van der Waals surface area contributed by atoms with Crippen LogP contribution in [0, 0.1) is 5.82 Å². The molecule has 154 valence electrons. The largest absolute Gasteiger partial charge is 0.369 e. The van der Waals surface area contributed by atoms with Crippen LogP contribution in [0.5, 0.6) is 0 Å². The topological polar surface area (TPSA) is 76.6 Å². The number of nitrogens with zero attached hydrogens (tertiary/aromatic N) is 5. The van der Waals surface area contributed by atoms with Crippen LogP contribution in [0.4, 0.5) is 27.5 Å². The van der Waals surface area contributed by atoms with Gasteiger partial charge in [0.05, 0.1) is 12.7 Å². The summed E-state index contributed by atoms with van der Waals surface area (Å²) < 4.78 is 14.2. The highest BCUT2D eigenvalue weighted by atomic mass is 19.1. The average molecular weight is 399 g/mol. The Bertz CT molecular complexity index is 818. The van der Waals surface area contributed by atoms with Crippen molar-refractivity contribution in [3.05, 3.63) is 36.3 Å². The standard InChI is InChI=1S/C20H26FN7O/c21-18-15-23-20(25-19(18)28-7-5-22-6-8-28)24-16-1-3-17(4-2-16)27-11-9-26(10-12-27)13-14-29/h1-4,14-15,22H,5-13H2,(H,23,24,25). The number of aldehydes is 1. The molecule has 0 unspecified atom stereocenters. The number of rotatable bonds is 6. The van der Waals surface area contributed by atoms with Crippen molar-refractivity contribution < 1.29 is 9.18 Å². The minimum absolute atomic E-state index is 0.341. The molecule has 0 amide bonds. The Morgan fingerprint density at radius 2 is 1.76 bits per heavy atom. The molecule has 4 rings (SSSR count). The summed E-state index contributed by atoms with van der Waals surface area (Å²) >= 11 is 0. The van der Waals surface area contributed by atoms with E-state index in [1.165, 1.54) is 6.20 Å². The van der Waals surface area contributed by atoms with Crippen molar-refractivity contribution in [1.29, 1.82) is 0 Å². The molecule has 0 atom stereocenters. The van der Waals surface area contributed by atoms with E-state index in [9.17, 15) is 9.18 Å². The molecule has 2 aliphatic heterocycles. The summed E-state index contributed by atoms with van der Waals surface area (Å²) in [6.45, 7) is 7.15. The van der Waals surface area contributed by atoms with Gasteiger partial charge in [0.15, 0.2) is 11.6 Å². The molecule has 2 fully saturated rings. The molecule has 2 aromatic rings. The molecule has 3 heterocycles. The van der Waals surface area contributed by atoms with Crippen LogP contribution in [0.2, 0.25) is 0 Å². The maximum absolute atomic E-state index is 14.2. The second kappa shape index (κ2) is 9.15. The molecule has 0 bridgehead atoms. The molecular weight excluding hydrogens is 373 g/mol. The zero-order chi connectivity index (χ0) is 20.1. The van der Waals surface area contributed by atoms with E-state index in [2.05, 4.69) is 42.5 Å². The summed E-state index contributed by atoms with van der Waals surface area (Å²) in [5.41, 5.74) is 1.99. The number of nitrogens with one attached hydrogen (secondary N) is 2. The van der Waals surface area contributed by atoms with Crippen LogP contribution in [0.1, 0.15) is 0 Å². The summed E-state index contributed by atoms with van der Waals surface area (Å²) in [6, 6.07) is 8.06. The molecule has 9 heteroatoms. The predicted molar refractivity (Wildman–Crippen MR) is 112 cm³/mol. The van der Waals surface area contributed by atoms with Crippen molar-refractivity contribution in [3.8, 4) is 0 Å². The minimum atomic E-state index is -0.401. The molecule has 0 saturated carbocycles. The van der Waals surface area contributed by atoms with Crippen LogP contribution in [-0.2, 0) is 4.79 Å². The van der Waals surface area contributed by atoms with Gasteiger partial charge in [0, 0.05) is 63.7 Å². The van der Waals surface area contributed by atoms with Gasteiger partial charge in [-0.3, -0.25) is 4.90 Å². The molecule has 8 nitrogen and oxygen atoms in total. The van der Waals surface area contributed by atoms with E-state index in [0.717, 1.165) is 70.0 Å². The van der Waals surface area contributed by atoms with E-state index < -0.39 is 5.82 Å².